The van der Waals surface area contributed by atoms with E-state index < -0.39 is 11.9 Å². The quantitative estimate of drug-likeness (QED) is 0.359. The molecule has 35 heavy (non-hydrogen) atoms. The van der Waals surface area contributed by atoms with Gasteiger partial charge in [-0.05, 0) is 42.3 Å². The molecule has 0 unspecified atom stereocenters. The van der Waals surface area contributed by atoms with E-state index in [0.717, 1.165) is 5.56 Å². The van der Waals surface area contributed by atoms with Gasteiger partial charge in [-0.3, -0.25) is 9.59 Å². The number of rotatable bonds is 11. The highest BCUT2D eigenvalue weighted by atomic mass is 35.5. The van der Waals surface area contributed by atoms with Crippen molar-refractivity contribution in [1.82, 2.24) is 10.2 Å². The van der Waals surface area contributed by atoms with Gasteiger partial charge in [0.1, 0.15) is 17.7 Å². The highest BCUT2D eigenvalue weighted by Gasteiger charge is 2.30. The second-order valence-electron chi connectivity index (χ2n) is 7.94. The molecule has 0 saturated heterocycles. The molecule has 0 saturated carbocycles. The van der Waals surface area contributed by atoms with Crippen molar-refractivity contribution in [2.75, 3.05) is 12.3 Å². The summed E-state index contributed by atoms with van der Waals surface area (Å²) in [6.07, 6.45) is 0.323. The molecule has 0 aliphatic rings. The number of hydrogen-bond donors (Lipinski definition) is 1. The maximum Gasteiger partial charge on any atom is 0.243 e. The van der Waals surface area contributed by atoms with Crippen molar-refractivity contribution in [2.24, 2.45) is 0 Å². The second kappa shape index (κ2) is 13.3. The fourth-order valence-corrected chi connectivity index (χ4v) is 4.88. The summed E-state index contributed by atoms with van der Waals surface area (Å²) in [6.45, 7) is 2.37. The Bertz CT molecular complexity index is 1110. The van der Waals surface area contributed by atoms with Crippen LogP contribution in [0, 0.1) is 11.6 Å². The van der Waals surface area contributed by atoms with Crippen LogP contribution in [0.25, 0.3) is 0 Å². The van der Waals surface area contributed by atoms with E-state index in [9.17, 15) is 18.4 Å². The van der Waals surface area contributed by atoms with E-state index >= 15 is 0 Å². The first-order valence-corrected chi connectivity index (χ1v) is 12.8. The Morgan fingerprint density at radius 2 is 1.69 bits per heavy atom. The zero-order valence-corrected chi connectivity index (χ0v) is 20.9. The fourth-order valence-electron chi connectivity index (χ4n) is 3.63. The van der Waals surface area contributed by atoms with Gasteiger partial charge in [-0.25, -0.2) is 8.78 Å². The molecular formula is C27H27ClF2N2O2S. The van der Waals surface area contributed by atoms with Crippen LogP contribution in [0.5, 0.6) is 0 Å². The summed E-state index contributed by atoms with van der Waals surface area (Å²) in [5.41, 5.74) is 1.94. The maximum absolute atomic E-state index is 14.1. The molecule has 0 spiro atoms. The van der Waals surface area contributed by atoms with Crippen molar-refractivity contribution in [3.8, 4) is 0 Å². The zero-order valence-electron chi connectivity index (χ0n) is 19.3. The molecule has 0 heterocycles. The SMILES string of the molecule is CCNC(=O)[C@H](Cc1ccccc1)N(Cc1ccc(F)cc1)C(=O)CSCc1c(F)cccc1Cl. The molecule has 0 fully saturated rings. The van der Waals surface area contributed by atoms with E-state index in [1.807, 2.05) is 37.3 Å². The minimum Gasteiger partial charge on any atom is -0.355 e. The lowest BCUT2D eigenvalue weighted by Gasteiger charge is -2.31. The van der Waals surface area contributed by atoms with E-state index in [2.05, 4.69) is 5.32 Å². The van der Waals surface area contributed by atoms with Crippen molar-refractivity contribution < 1.29 is 18.4 Å². The van der Waals surface area contributed by atoms with E-state index in [1.165, 1.54) is 40.9 Å². The number of nitrogens with zero attached hydrogens (tertiary/aromatic N) is 1. The molecule has 3 aromatic rings. The van der Waals surface area contributed by atoms with Gasteiger partial charge < -0.3 is 10.2 Å². The first-order chi connectivity index (χ1) is 16.9. The molecule has 4 nitrogen and oxygen atoms in total. The Balaban J connectivity index is 1.84. The molecular weight excluding hydrogens is 490 g/mol. The van der Waals surface area contributed by atoms with Crippen molar-refractivity contribution in [1.29, 1.82) is 0 Å². The number of carbonyl (C=O) groups is 2. The molecule has 3 aromatic carbocycles. The first-order valence-electron chi connectivity index (χ1n) is 11.2. The van der Waals surface area contributed by atoms with Crippen LogP contribution in [0.3, 0.4) is 0 Å². The van der Waals surface area contributed by atoms with Crippen LogP contribution >= 0.6 is 23.4 Å². The van der Waals surface area contributed by atoms with Crippen molar-refractivity contribution >= 4 is 35.2 Å². The topological polar surface area (TPSA) is 49.4 Å². The van der Waals surface area contributed by atoms with Gasteiger partial charge in [-0.2, -0.15) is 0 Å². The Kier molecular flexibility index (Phi) is 10.1. The summed E-state index contributed by atoms with van der Waals surface area (Å²) in [5.74, 6) is -1.12. The van der Waals surface area contributed by atoms with Gasteiger partial charge in [0.15, 0.2) is 0 Å². The number of nitrogens with one attached hydrogen (secondary N) is 1. The van der Waals surface area contributed by atoms with Gasteiger partial charge in [0.05, 0.1) is 5.75 Å². The maximum atomic E-state index is 14.1. The van der Waals surface area contributed by atoms with Gasteiger partial charge >= 0.3 is 0 Å². The van der Waals surface area contributed by atoms with Crippen LogP contribution in [-0.2, 0) is 28.3 Å². The van der Waals surface area contributed by atoms with E-state index in [-0.39, 0.29) is 35.7 Å². The summed E-state index contributed by atoms with van der Waals surface area (Å²) in [4.78, 5) is 28.0. The predicted octanol–water partition coefficient (Wildman–Crippen LogP) is 5.63. The minimum atomic E-state index is -0.771. The third kappa shape index (κ3) is 7.80. The summed E-state index contributed by atoms with van der Waals surface area (Å²) < 4.78 is 27.6. The summed E-state index contributed by atoms with van der Waals surface area (Å²) in [6, 6.07) is 19.0. The van der Waals surface area contributed by atoms with E-state index in [0.29, 0.717) is 29.1 Å². The molecule has 0 aliphatic heterocycles. The van der Waals surface area contributed by atoms with Crippen LogP contribution in [0.15, 0.2) is 72.8 Å². The average molecular weight is 517 g/mol. The van der Waals surface area contributed by atoms with Gasteiger partial charge in [0, 0.05) is 35.8 Å². The Hall–Kier alpha value is -2.90. The van der Waals surface area contributed by atoms with Crippen LogP contribution in [0.4, 0.5) is 8.78 Å². The molecule has 8 heteroatoms. The third-order valence-electron chi connectivity index (χ3n) is 5.42. The molecule has 1 N–H and O–H groups in total. The number of benzene rings is 3. The Labute approximate surface area is 213 Å². The Morgan fingerprint density at radius 1 is 0.971 bits per heavy atom. The highest BCUT2D eigenvalue weighted by Crippen LogP contribution is 2.25. The molecule has 1 atom stereocenters. The van der Waals surface area contributed by atoms with Gasteiger partial charge in [-0.1, -0.05) is 60.1 Å². The number of likely N-dealkylation sites (N-methyl/N-ethyl adjacent to an activating group) is 1. The number of amides is 2. The fraction of sp³-hybridized carbons (Fsp3) is 0.259. The molecule has 0 radical (unpaired) electrons. The standard InChI is InChI=1S/C27H27ClF2N2O2S/c1-2-31-27(34)25(15-19-7-4-3-5-8-19)32(16-20-11-13-21(29)14-12-20)26(33)18-35-17-22-23(28)9-6-10-24(22)30/h3-14,25H,2,15-18H2,1H3,(H,31,34)/t25-/m0/s1. The molecule has 0 aliphatic carbocycles. The van der Waals surface area contributed by atoms with Crippen molar-refractivity contribution in [2.45, 2.75) is 31.7 Å². The lowest BCUT2D eigenvalue weighted by molar-refractivity contribution is -0.139. The number of halogens is 3. The molecule has 2 amide bonds. The Morgan fingerprint density at radius 3 is 2.34 bits per heavy atom. The van der Waals surface area contributed by atoms with Gasteiger partial charge in [0.2, 0.25) is 11.8 Å². The normalized spacial score (nSPS) is 11.7. The smallest absolute Gasteiger partial charge is 0.243 e. The molecule has 0 bridgehead atoms. The van der Waals surface area contributed by atoms with E-state index in [1.54, 1.807) is 18.2 Å². The molecule has 184 valence electrons. The van der Waals surface area contributed by atoms with Crippen LogP contribution in [0.2, 0.25) is 5.02 Å². The second-order valence-corrected chi connectivity index (χ2v) is 9.33. The molecule has 3 rings (SSSR count). The van der Waals surface area contributed by atoms with Gasteiger partial charge in [-0.15, -0.1) is 11.8 Å². The minimum absolute atomic E-state index is 0.0244. The van der Waals surface area contributed by atoms with Gasteiger partial charge in [0.25, 0.3) is 0 Å². The monoisotopic (exact) mass is 516 g/mol. The summed E-state index contributed by atoms with van der Waals surface area (Å²) in [5, 5.41) is 3.13. The number of thioether (sulfide) groups is 1. The van der Waals surface area contributed by atoms with Crippen LogP contribution in [0.1, 0.15) is 23.6 Å². The lowest BCUT2D eigenvalue weighted by Crippen LogP contribution is -2.51. The summed E-state index contributed by atoms with van der Waals surface area (Å²) >= 11 is 7.34. The lowest BCUT2D eigenvalue weighted by atomic mass is 10.0. The average Bonchev–Trinajstić information content (AvgIpc) is 2.85. The number of carbonyl (C=O) groups excluding carboxylic acids is 2. The number of hydrogen-bond acceptors (Lipinski definition) is 3. The summed E-state index contributed by atoms with van der Waals surface area (Å²) in [7, 11) is 0. The molecule has 0 aromatic heterocycles. The van der Waals surface area contributed by atoms with Crippen molar-refractivity contribution in [3.63, 3.8) is 0 Å². The first kappa shape index (κ1) is 26.7. The van der Waals surface area contributed by atoms with Crippen molar-refractivity contribution in [3.05, 3.63) is 106 Å². The largest absolute Gasteiger partial charge is 0.355 e. The predicted molar refractivity (Wildman–Crippen MR) is 137 cm³/mol. The zero-order chi connectivity index (χ0) is 25.2. The van der Waals surface area contributed by atoms with E-state index in [4.69, 9.17) is 11.6 Å². The third-order valence-corrected chi connectivity index (χ3v) is 6.72. The highest BCUT2D eigenvalue weighted by molar-refractivity contribution is 7.99. The van der Waals surface area contributed by atoms with Crippen LogP contribution in [-0.4, -0.2) is 35.1 Å². The van der Waals surface area contributed by atoms with Crippen LogP contribution < -0.4 is 5.32 Å².